The lowest BCUT2D eigenvalue weighted by Gasteiger charge is -2.13. The predicted octanol–water partition coefficient (Wildman–Crippen LogP) is 2.13. The van der Waals surface area contributed by atoms with Crippen LogP contribution in [0.2, 0.25) is 0 Å². The standard InChI is InChI=1S/C12H18N4S/c1-9(8-16-6-4-5-14-16)13-7-12-10(2)15-11(3)17-12/h4-6,9,13H,7-8H2,1-3H3. The maximum atomic E-state index is 4.43. The molecule has 2 aromatic rings. The summed E-state index contributed by atoms with van der Waals surface area (Å²) < 4.78 is 1.95. The van der Waals surface area contributed by atoms with E-state index in [0.29, 0.717) is 6.04 Å². The first-order valence-corrected chi connectivity index (χ1v) is 6.60. The normalized spacial score (nSPS) is 12.9. The van der Waals surface area contributed by atoms with Crippen molar-refractivity contribution in [1.82, 2.24) is 20.1 Å². The maximum absolute atomic E-state index is 4.43. The topological polar surface area (TPSA) is 42.7 Å². The Labute approximate surface area is 106 Å². The molecule has 17 heavy (non-hydrogen) atoms. The maximum Gasteiger partial charge on any atom is 0.0900 e. The van der Waals surface area contributed by atoms with Gasteiger partial charge in [0.05, 0.1) is 17.2 Å². The molecule has 4 nitrogen and oxygen atoms in total. The van der Waals surface area contributed by atoms with Gasteiger partial charge < -0.3 is 5.32 Å². The monoisotopic (exact) mass is 250 g/mol. The Kier molecular flexibility index (Phi) is 3.91. The van der Waals surface area contributed by atoms with E-state index in [0.717, 1.165) is 23.8 Å². The average Bonchev–Trinajstić information content (AvgIpc) is 2.86. The van der Waals surface area contributed by atoms with Crippen LogP contribution in [0.15, 0.2) is 18.5 Å². The number of nitrogens with one attached hydrogen (secondary N) is 1. The van der Waals surface area contributed by atoms with Gasteiger partial charge in [-0.15, -0.1) is 11.3 Å². The summed E-state index contributed by atoms with van der Waals surface area (Å²) in [6.45, 7) is 8.07. The molecule has 92 valence electrons. The zero-order chi connectivity index (χ0) is 12.3. The predicted molar refractivity (Wildman–Crippen MR) is 70.1 cm³/mol. The minimum atomic E-state index is 0.400. The summed E-state index contributed by atoms with van der Waals surface area (Å²) in [6, 6.07) is 2.35. The average molecular weight is 250 g/mol. The van der Waals surface area contributed by atoms with Crippen molar-refractivity contribution in [2.45, 2.75) is 39.9 Å². The number of nitrogens with zero attached hydrogens (tertiary/aromatic N) is 3. The van der Waals surface area contributed by atoms with Gasteiger partial charge in [0, 0.05) is 29.9 Å². The molecule has 0 aliphatic carbocycles. The lowest BCUT2D eigenvalue weighted by atomic mass is 10.3. The Bertz CT molecular complexity index is 461. The SMILES string of the molecule is Cc1nc(C)c(CNC(C)Cn2cccn2)s1. The molecule has 0 radical (unpaired) electrons. The third-order valence-corrected chi connectivity index (χ3v) is 3.70. The first-order chi connectivity index (χ1) is 8.15. The van der Waals surface area contributed by atoms with Crippen LogP contribution in [0.3, 0.4) is 0 Å². The number of hydrogen-bond donors (Lipinski definition) is 1. The summed E-state index contributed by atoms with van der Waals surface area (Å²) in [6.07, 6.45) is 3.80. The summed E-state index contributed by atoms with van der Waals surface area (Å²) in [7, 11) is 0. The quantitative estimate of drug-likeness (QED) is 0.884. The Morgan fingerprint density at radius 1 is 1.47 bits per heavy atom. The van der Waals surface area contributed by atoms with Crippen LogP contribution in [0.5, 0.6) is 0 Å². The number of aryl methyl sites for hydroxylation is 2. The van der Waals surface area contributed by atoms with Gasteiger partial charge in [-0.25, -0.2) is 4.98 Å². The lowest BCUT2D eigenvalue weighted by molar-refractivity contribution is 0.452. The van der Waals surface area contributed by atoms with Gasteiger partial charge >= 0.3 is 0 Å². The molecule has 0 aromatic carbocycles. The Morgan fingerprint density at radius 3 is 2.88 bits per heavy atom. The smallest absolute Gasteiger partial charge is 0.0900 e. The van der Waals surface area contributed by atoms with Crippen molar-refractivity contribution in [3.63, 3.8) is 0 Å². The molecule has 1 N–H and O–H groups in total. The third kappa shape index (κ3) is 3.38. The molecular formula is C12H18N4S. The second kappa shape index (κ2) is 5.42. The summed E-state index contributed by atoms with van der Waals surface area (Å²) in [5.74, 6) is 0. The molecule has 0 aliphatic heterocycles. The largest absolute Gasteiger partial charge is 0.307 e. The molecule has 0 saturated heterocycles. The van der Waals surface area contributed by atoms with E-state index in [9.17, 15) is 0 Å². The third-order valence-electron chi connectivity index (χ3n) is 2.63. The highest BCUT2D eigenvalue weighted by Crippen LogP contribution is 2.16. The molecule has 0 spiro atoms. The van der Waals surface area contributed by atoms with Crippen LogP contribution in [-0.2, 0) is 13.1 Å². The molecule has 0 aliphatic rings. The van der Waals surface area contributed by atoms with Crippen molar-refractivity contribution in [3.8, 4) is 0 Å². The van der Waals surface area contributed by atoms with E-state index in [1.165, 1.54) is 4.88 Å². The summed E-state index contributed by atoms with van der Waals surface area (Å²) in [5.41, 5.74) is 1.14. The summed E-state index contributed by atoms with van der Waals surface area (Å²) in [4.78, 5) is 5.75. The van der Waals surface area contributed by atoms with Gasteiger partial charge in [-0.3, -0.25) is 4.68 Å². The molecule has 2 aromatic heterocycles. The summed E-state index contributed by atoms with van der Waals surface area (Å²) in [5, 5.41) is 8.84. The number of rotatable bonds is 5. The van der Waals surface area contributed by atoms with Crippen molar-refractivity contribution >= 4 is 11.3 Å². The van der Waals surface area contributed by atoms with Gasteiger partial charge in [-0.05, 0) is 26.8 Å². The Hall–Kier alpha value is -1.20. The minimum Gasteiger partial charge on any atom is -0.307 e. The molecule has 1 atom stereocenters. The van der Waals surface area contributed by atoms with Gasteiger partial charge in [0.15, 0.2) is 0 Å². The molecule has 5 heteroatoms. The molecular weight excluding hydrogens is 232 g/mol. The summed E-state index contributed by atoms with van der Waals surface area (Å²) >= 11 is 1.77. The second-order valence-electron chi connectivity index (χ2n) is 4.25. The van der Waals surface area contributed by atoms with Gasteiger partial charge in [0.1, 0.15) is 0 Å². The molecule has 2 rings (SSSR count). The molecule has 2 heterocycles. The van der Waals surface area contributed by atoms with Gasteiger partial charge in [-0.2, -0.15) is 5.10 Å². The van der Waals surface area contributed by atoms with Crippen molar-refractivity contribution in [2.75, 3.05) is 0 Å². The van der Waals surface area contributed by atoms with E-state index >= 15 is 0 Å². The minimum absolute atomic E-state index is 0.400. The highest BCUT2D eigenvalue weighted by Gasteiger charge is 2.07. The fourth-order valence-corrected chi connectivity index (χ4v) is 2.65. The van der Waals surface area contributed by atoms with E-state index in [1.54, 1.807) is 11.3 Å². The highest BCUT2D eigenvalue weighted by molar-refractivity contribution is 7.11. The van der Waals surface area contributed by atoms with Crippen molar-refractivity contribution in [3.05, 3.63) is 34.0 Å². The van der Waals surface area contributed by atoms with E-state index < -0.39 is 0 Å². The van der Waals surface area contributed by atoms with Crippen molar-refractivity contribution in [2.24, 2.45) is 0 Å². The van der Waals surface area contributed by atoms with Gasteiger partial charge in [0.2, 0.25) is 0 Å². The number of thiazole rings is 1. The number of aromatic nitrogens is 3. The van der Waals surface area contributed by atoms with Gasteiger partial charge in [0.25, 0.3) is 0 Å². The lowest BCUT2D eigenvalue weighted by Crippen LogP contribution is -2.30. The molecule has 0 saturated carbocycles. The Balaban J connectivity index is 1.84. The zero-order valence-electron chi connectivity index (χ0n) is 10.5. The highest BCUT2D eigenvalue weighted by atomic mass is 32.1. The fraction of sp³-hybridized carbons (Fsp3) is 0.500. The number of hydrogen-bond acceptors (Lipinski definition) is 4. The first kappa shape index (κ1) is 12.3. The van der Waals surface area contributed by atoms with Crippen molar-refractivity contribution in [1.29, 1.82) is 0 Å². The van der Waals surface area contributed by atoms with Crippen molar-refractivity contribution < 1.29 is 0 Å². The van der Waals surface area contributed by atoms with Crippen LogP contribution in [0.4, 0.5) is 0 Å². The molecule has 0 fully saturated rings. The Morgan fingerprint density at radius 2 is 2.29 bits per heavy atom. The van der Waals surface area contributed by atoms with E-state index in [1.807, 2.05) is 30.1 Å². The second-order valence-corrected chi connectivity index (χ2v) is 5.54. The van der Waals surface area contributed by atoms with Crippen LogP contribution >= 0.6 is 11.3 Å². The van der Waals surface area contributed by atoms with Crippen LogP contribution in [0.25, 0.3) is 0 Å². The first-order valence-electron chi connectivity index (χ1n) is 5.79. The zero-order valence-corrected chi connectivity index (χ0v) is 11.3. The molecule has 1 unspecified atom stereocenters. The van der Waals surface area contributed by atoms with Crippen LogP contribution in [-0.4, -0.2) is 20.8 Å². The van der Waals surface area contributed by atoms with Crippen LogP contribution < -0.4 is 5.32 Å². The van der Waals surface area contributed by atoms with Crippen LogP contribution in [0, 0.1) is 13.8 Å². The van der Waals surface area contributed by atoms with E-state index in [4.69, 9.17) is 0 Å². The molecule has 0 bridgehead atoms. The van der Waals surface area contributed by atoms with Crippen LogP contribution in [0.1, 0.15) is 22.5 Å². The molecule has 0 amide bonds. The van der Waals surface area contributed by atoms with Gasteiger partial charge in [-0.1, -0.05) is 0 Å². The van der Waals surface area contributed by atoms with E-state index in [2.05, 4.69) is 29.2 Å². The van der Waals surface area contributed by atoms with E-state index in [-0.39, 0.29) is 0 Å². The fourth-order valence-electron chi connectivity index (χ4n) is 1.76.